The Balaban J connectivity index is 2.03. The second-order valence-electron chi connectivity index (χ2n) is 6.60. The molecule has 1 aromatic heterocycles. The predicted octanol–water partition coefficient (Wildman–Crippen LogP) is 3.59. The average Bonchev–Trinajstić information content (AvgIpc) is 3.05. The third-order valence-corrected chi connectivity index (χ3v) is 4.57. The smallest absolute Gasteiger partial charge is 0.357 e. The molecule has 1 heterocycles. The molecule has 0 aliphatic carbocycles. The van der Waals surface area contributed by atoms with Crippen molar-refractivity contribution < 1.29 is 14.3 Å². The first kappa shape index (κ1) is 19.7. The lowest BCUT2D eigenvalue weighted by atomic mass is 10.1. The summed E-state index contributed by atoms with van der Waals surface area (Å²) in [5.41, 5.74) is 9.73. The molecule has 0 radical (unpaired) electrons. The molecule has 1 amide bonds. The molecule has 0 spiro atoms. The molecule has 146 valence electrons. The number of ether oxygens (including phenoxy) is 1. The summed E-state index contributed by atoms with van der Waals surface area (Å²) in [5.74, 6) is -0.901. The summed E-state index contributed by atoms with van der Waals surface area (Å²) in [4.78, 5) is 24.8. The second kappa shape index (κ2) is 7.90. The number of carbonyl (C=O) groups is 2. The molecule has 3 rings (SSSR count). The van der Waals surface area contributed by atoms with Gasteiger partial charge in [-0.05, 0) is 43.7 Å². The molecule has 7 nitrogen and oxygen atoms in total. The Hall–Kier alpha value is -4.05. The summed E-state index contributed by atoms with van der Waals surface area (Å²) in [5, 5.41) is 12.2. The van der Waals surface area contributed by atoms with Crippen molar-refractivity contribution in [2.45, 2.75) is 13.8 Å². The summed E-state index contributed by atoms with van der Waals surface area (Å²) in [6, 6.07) is 14.5. The van der Waals surface area contributed by atoms with Crippen LogP contribution in [0.25, 0.3) is 5.69 Å². The van der Waals surface area contributed by atoms with Gasteiger partial charge in [-0.2, -0.15) is 5.26 Å². The molecule has 0 saturated carbocycles. The molecular formula is C22H20N4O3. The third kappa shape index (κ3) is 3.82. The van der Waals surface area contributed by atoms with Crippen molar-refractivity contribution in [3.8, 4) is 11.8 Å². The molecule has 0 bridgehead atoms. The zero-order valence-electron chi connectivity index (χ0n) is 16.3. The van der Waals surface area contributed by atoms with Crippen LogP contribution in [0.5, 0.6) is 0 Å². The zero-order valence-corrected chi connectivity index (χ0v) is 16.3. The van der Waals surface area contributed by atoms with Crippen LogP contribution in [0.3, 0.4) is 0 Å². The van der Waals surface area contributed by atoms with E-state index in [1.54, 1.807) is 24.3 Å². The number of aromatic nitrogens is 1. The van der Waals surface area contributed by atoms with E-state index in [9.17, 15) is 14.9 Å². The Morgan fingerprint density at radius 3 is 2.59 bits per heavy atom. The van der Waals surface area contributed by atoms with E-state index in [1.807, 2.05) is 38.1 Å². The minimum Gasteiger partial charge on any atom is -0.464 e. The van der Waals surface area contributed by atoms with E-state index in [0.717, 1.165) is 11.1 Å². The third-order valence-electron chi connectivity index (χ3n) is 4.57. The number of nitrogens with zero attached hydrogens (tertiary/aromatic N) is 2. The molecule has 3 N–H and O–H groups in total. The van der Waals surface area contributed by atoms with Crippen molar-refractivity contribution in [3.63, 3.8) is 0 Å². The van der Waals surface area contributed by atoms with Crippen LogP contribution in [0, 0.1) is 25.2 Å². The maximum Gasteiger partial charge on any atom is 0.357 e. The molecule has 0 aliphatic heterocycles. The Morgan fingerprint density at radius 2 is 1.93 bits per heavy atom. The monoisotopic (exact) mass is 388 g/mol. The Morgan fingerprint density at radius 1 is 1.17 bits per heavy atom. The Kier molecular flexibility index (Phi) is 5.37. The number of nitrogen functional groups attached to an aromatic ring is 1. The number of benzene rings is 2. The normalized spacial score (nSPS) is 10.3. The van der Waals surface area contributed by atoms with Gasteiger partial charge in [0.2, 0.25) is 0 Å². The van der Waals surface area contributed by atoms with Crippen LogP contribution in [0.15, 0.2) is 48.7 Å². The number of aryl methyl sites for hydroxylation is 2. The topological polar surface area (TPSA) is 110 Å². The fourth-order valence-electron chi connectivity index (χ4n) is 2.99. The number of anilines is 2. The largest absolute Gasteiger partial charge is 0.464 e. The fraction of sp³-hybridized carbons (Fsp3) is 0.136. The first-order chi connectivity index (χ1) is 13.8. The molecule has 0 aliphatic rings. The van der Waals surface area contributed by atoms with Crippen molar-refractivity contribution in [3.05, 3.63) is 76.6 Å². The van der Waals surface area contributed by atoms with Crippen molar-refractivity contribution in [2.75, 3.05) is 18.2 Å². The quantitative estimate of drug-likeness (QED) is 0.664. The number of amides is 1. The minimum atomic E-state index is -0.657. The Labute approximate surface area is 168 Å². The maximum absolute atomic E-state index is 12.6. The summed E-state index contributed by atoms with van der Waals surface area (Å²) in [6.45, 7) is 3.78. The zero-order chi connectivity index (χ0) is 21.1. The number of nitriles is 1. The SMILES string of the molecule is COC(=O)c1c(N)c(C#N)cn1-c1ccc(C)c(NC(=O)c2cccc(C)c2)c1. The molecule has 7 heteroatoms. The fourth-order valence-corrected chi connectivity index (χ4v) is 2.99. The Bertz CT molecular complexity index is 1160. The first-order valence-electron chi connectivity index (χ1n) is 8.84. The van der Waals surface area contributed by atoms with Crippen LogP contribution in [0.1, 0.15) is 37.5 Å². The van der Waals surface area contributed by atoms with Crippen molar-refractivity contribution in [2.24, 2.45) is 0 Å². The van der Waals surface area contributed by atoms with Crippen LogP contribution in [0.2, 0.25) is 0 Å². The van der Waals surface area contributed by atoms with Crippen LogP contribution in [0.4, 0.5) is 11.4 Å². The van der Waals surface area contributed by atoms with E-state index < -0.39 is 5.97 Å². The number of carbonyl (C=O) groups excluding carboxylic acids is 2. The van der Waals surface area contributed by atoms with Gasteiger partial charge in [0.05, 0.1) is 18.4 Å². The van der Waals surface area contributed by atoms with Gasteiger partial charge in [0.25, 0.3) is 5.91 Å². The molecule has 0 unspecified atom stereocenters. The van der Waals surface area contributed by atoms with Gasteiger partial charge < -0.3 is 20.4 Å². The summed E-state index contributed by atoms with van der Waals surface area (Å²) < 4.78 is 6.29. The van der Waals surface area contributed by atoms with Crippen LogP contribution >= 0.6 is 0 Å². The van der Waals surface area contributed by atoms with Gasteiger partial charge in [0, 0.05) is 23.1 Å². The lowest BCUT2D eigenvalue weighted by Gasteiger charge is -2.13. The summed E-state index contributed by atoms with van der Waals surface area (Å²) >= 11 is 0. The van der Waals surface area contributed by atoms with E-state index >= 15 is 0 Å². The number of hydrogen-bond donors (Lipinski definition) is 2. The van der Waals surface area contributed by atoms with E-state index in [1.165, 1.54) is 17.9 Å². The van der Waals surface area contributed by atoms with Crippen LogP contribution < -0.4 is 11.1 Å². The molecule has 0 saturated heterocycles. The van der Waals surface area contributed by atoms with Crippen LogP contribution in [-0.4, -0.2) is 23.6 Å². The van der Waals surface area contributed by atoms with Gasteiger partial charge in [-0.3, -0.25) is 4.79 Å². The van der Waals surface area contributed by atoms with Crippen LogP contribution in [-0.2, 0) is 4.74 Å². The number of esters is 1. The minimum absolute atomic E-state index is 0.0465. The standard InChI is InChI=1S/C22H20N4O3/c1-13-5-4-6-15(9-13)21(27)25-18-10-17(8-7-14(18)2)26-12-16(11-23)19(24)20(26)22(28)29-3/h4-10,12H,24H2,1-3H3,(H,25,27). The van der Waals surface area contributed by atoms with Gasteiger partial charge in [-0.1, -0.05) is 23.8 Å². The second-order valence-corrected chi connectivity index (χ2v) is 6.60. The highest BCUT2D eigenvalue weighted by molar-refractivity contribution is 6.05. The molecule has 2 aromatic carbocycles. The number of rotatable bonds is 4. The lowest BCUT2D eigenvalue weighted by Crippen LogP contribution is -2.14. The van der Waals surface area contributed by atoms with E-state index in [-0.39, 0.29) is 22.9 Å². The van der Waals surface area contributed by atoms with Crippen molar-refractivity contribution in [1.82, 2.24) is 4.57 Å². The van der Waals surface area contributed by atoms with E-state index in [4.69, 9.17) is 10.5 Å². The first-order valence-corrected chi connectivity index (χ1v) is 8.84. The number of nitrogens with two attached hydrogens (primary N) is 1. The summed E-state index contributed by atoms with van der Waals surface area (Å²) in [7, 11) is 1.24. The highest BCUT2D eigenvalue weighted by atomic mass is 16.5. The van der Waals surface area contributed by atoms with E-state index in [0.29, 0.717) is 16.9 Å². The van der Waals surface area contributed by atoms with E-state index in [2.05, 4.69) is 5.32 Å². The maximum atomic E-state index is 12.6. The molecule has 3 aromatic rings. The number of nitrogens with one attached hydrogen (secondary N) is 1. The molecular weight excluding hydrogens is 368 g/mol. The highest BCUT2D eigenvalue weighted by Gasteiger charge is 2.22. The lowest BCUT2D eigenvalue weighted by molar-refractivity contribution is 0.0593. The van der Waals surface area contributed by atoms with Gasteiger partial charge in [0.1, 0.15) is 6.07 Å². The van der Waals surface area contributed by atoms with Gasteiger partial charge >= 0.3 is 5.97 Å². The molecule has 0 atom stereocenters. The summed E-state index contributed by atoms with van der Waals surface area (Å²) in [6.07, 6.45) is 1.47. The number of hydrogen-bond acceptors (Lipinski definition) is 5. The molecule has 0 fully saturated rings. The van der Waals surface area contributed by atoms with Crippen molar-refractivity contribution in [1.29, 1.82) is 5.26 Å². The number of methoxy groups -OCH3 is 1. The van der Waals surface area contributed by atoms with Gasteiger partial charge in [0.15, 0.2) is 5.69 Å². The van der Waals surface area contributed by atoms with Crippen molar-refractivity contribution >= 4 is 23.3 Å². The average molecular weight is 388 g/mol. The van der Waals surface area contributed by atoms with Gasteiger partial charge in [-0.25, -0.2) is 4.79 Å². The predicted molar refractivity (Wildman–Crippen MR) is 110 cm³/mol. The molecule has 29 heavy (non-hydrogen) atoms. The highest BCUT2D eigenvalue weighted by Crippen LogP contribution is 2.27. The van der Waals surface area contributed by atoms with Gasteiger partial charge in [-0.15, -0.1) is 0 Å².